The number of benzene rings is 2. The first-order valence-corrected chi connectivity index (χ1v) is 14.0. The summed E-state index contributed by atoms with van der Waals surface area (Å²) < 4.78 is 46.5. The molecule has 41 heavy (non-hydrogen) atoms. The fourth-order valence-electron chi connectivity index (χ4n) is 5.56. The third-order valence-electron chi connectivity index (χ3n) is 8.00. The predicted molar refractivity (Wildman–Crippen MR) is 153 cm³/mol. The number of hydrogen-bond donors (Lipinski definition) is 0. The number of ether oxygens (including phenoxy) is 1. The summed E-state index contributed by atoms with van der Waals surface area (Å²) in [5.74, 6) is -0.256. The molecule has 3 aromatic rings. The Morgan fingerprint density at radius 2 is 1.90 bits per heavy atom. The molecule has 5 rings (SSSR count). The van der Waals surface area contributed by atoms with Gasteiger partial charge in [-0.05, 0) is 69.5 Å². The van der Waals surface area contributed by atoms with E-state index < -0.39 is 18.8 Å². The van der Waals surface area contributed by atoms with Crippen molar-refractivity contribution in [3.63, 3.8) is 0 Å². The normalized spacial score (nSPS) is 17.8. The van der Waals surface area contributed by atoms with Crippen LogP contribution in [0.5, 0.6) is 0 Å². The standard InChI is InChI=1S/C30H36F3N7O/c1-20(2)39-16-26(17-39)38-11-9-21(10-12-38)22-5-4-6-23(13-22)28-18-40(37-35-28)15-25-8-7-24(14-27(25)31)30(36-34-3)41-19-29(32)33/h4-8,13-14,18,20-21,26,29H,3,9-12,15-17,19H2,1-2H3/b36-30-. The molecule has 0 bridgehead atoms. The van der Waals surface area contributed by atoms with Crippen molar-refractivity contribution in [1.29, 1.82) is 0 Å². The van der Waals surface area contributed by atoms with Crippen molar-refractivity contribution in [2.75, 3.05) is 32.8 Å². The Labute approximate surface area is 238 Å². The minimum absolute atomic E-state index is 0.150. The molecule has 11 heteroatoms. The molecule has 0 unspecified atom stereocenters. The van der Waals surface area contributed by atoms with Gasteiger partial charge >= 0.3 is 0 Å². The van der Waals surface area contributed by atoms with Gasteiger partial charge in [0, 0.05) is 48.6 Å². The Balaban J connectivity index is 1.20. The van der Waals surface area contributed by atoms with Gasteiger partial charge in [-0.2, -0.15) is 5.10 Å². The molecule has 0 radical (unpaired) electrons. The fraction of sp³-hybridized carbons (Fsp3) is 0.467. The lowest BCUT2D eigenvalue weighted by Gasteiger charge is -2.49. The zero-order valence-electron chi connectivity index (χ0n) is 23.5. The maximum atomic E-state index is 14.9. The molecule has 2 saturated heterocycles. The summed E-state index contributed by atoms with van der Waals surface area (Å²) in [4.78, 5) is 5.18. The number of alkyl halides is 2. The fourth-order valence-corrected chi connectivity index (χ4v) is 5.56. The molecule has 1 aromatic heterocycles. The Bertz CT molecular complexity index is 1360. The Morgan fingerprint density at radius 1 is 1.12 bits per heavy atom. The summed E-state index contributed by atoms with van der Waals surface area (Å²) in [6, 6.07) is 14.0. The van der Waals surface area contributed by atoms with Crippen molar-refractivity contribution < 1.29 is 17.9 Å². The molecule has 0 amide bonds. The van der Waals surface area contributed by atoms with Crippen LogP contribution in [0.1, 0.15) is 49.3 Å². The first-order valence-electron chi connectivity index (χ1n) is 14.0. The second-order valence-corrected chi connectivity index (χ2v) is 11.0. The first kappa shape index (κ1) is 28.9. The van der Waals surface area contributed by atoms with Crippen LogP contribution in [0.25, 0.3) is 11.3 Å². The van der Waals surface area contributed by atoms with Gasteiger partial charge in [0.2, 0.25) is 5.90 Å². The van der Waals surface area contributed by atoms with Crippen LogP contribution < -0.4 is 0 Å². The van der Waals surface area contributed by atoms with Crippen LogP contribution in [0.2, 0.25) is 0 Å². The van der Waals surface area contributed by atoms with E-state index in [0.717, 1.165) is 37.2 Å². The summed E-state index contributed by atoms with van der Waals surface area (Å²) in [5, 5.41) is 15.5. The van der Waals surface area contributed by atoms with Gasteiger partial charge in [0.1, 0.15) is 11.5 Å². The molecule has 2 fully saturated rings. The molecule has 0 N–H and O–H groups in total. The summed E-state index contributed by atoms with van der Waals surface area (Å²) in [6.07, 6.45) is 1.39. The average Bonchev–Trinajstić information content (AvgIpc) is 3.40. The molecular weight excluding hydrogens is 531 g/mol. The van der Waals surface area contributed by atoms with Crippen molar-refractivity contribution >= 4 is 12.6 Å². The highest BCUT2D eigenvalue weighted by Crippen LogP contribution is 2.32. The van der Waals surface area contributed by atoms with E-state index in [9.17, 15) is 13.2 Å². The number of rotatable bonds is 10. The lowest BCUT2D eigenvalue weighted by molar-refractivity contribution is 0.00272. The average molecular weight is 568 g/mol. The quantitative estimate of drug-likeness (QED) is 0.195. The lowest BCUT2D eigenvalue weighted by Crippen LogP contribution is -2.62. The van der Waals surface area contributed by atoms with Gasteiger partial charge in [-0.1, -0.05) is 29.5 Å². The molecule has 0 spiro atoms. The third kappa shape index (κ3) is 7.02. The molecule has 3 heterocycles. The molecule has 2 aliphatic rings. The molecule has 0 aliphatic carbocycles. The topological polar surface area (TPSA) is 71.1 Å². The van der Waals surface area contributed by atoms with Gasteiger partial charge in [0.25, 0.3) is 6.43 Å². The van der Waals surface area contributed by atoms with Crippen molar-refractivity contribution in [2.45, 2.75) is 57.7 Å². The number of likely N-dealkylation sites (tertiary alicyclic amines) is 2. The van der Waals surface area contributed by atoms with Gasteiger partial charge in [0.05, 0.1) is 12.7 Å². The van der Waals surface area contributed by atoms with Gasteiger partial charge in [0.15, 0.2) is 6.61 Å². The molecule has 8 nitrogen and oxygen atoms in total. The predicted octanol–water partition coefficient (Wildman–Crippen LogP) is 5.05. The monoisotopic (exact) mass is 567 g/mol. The van der Waals surface area contributed by atoms with E-state index >= 15 is 0 Å². The van der Waals surface area contributed by atoms with Crippen molar-refractivity contribution in [3.8, 4) is 11.3 Å². The van der Waals surface area contributed by atoms with Crippen LogP contribution in [0, 0.1) is 5.82 Å². The maximum Gasteiger partial charge on any atom is 0.272 e. The molecule has 2 aromatic carbocycles. The van der Waals surface area contributed by atoms with Crippen LogP contribution >= 0.6 is 0 Å². The lowest BCUT2D eigenvalue weighted by atomic mass is 9.87. The summed E-state index contributed by atoms with van der Waals surface area (Å²) in [6.45, 7) is 11.6. The summed E-state index contributed by atoms with van der Waals surface area (Å²) >= 11 is 0. The Morgan fingerprint density at radius 3 is 2.59 bits per heavy atom. The van der Waals surface area contributed by atoms with Crippen LogP contribution in [0.4, 0.5) is 13.2 Å². The Kier molecular flexibility index (Phi) is 9.14. The van der Waals surface area contributed by atoms with Gasteiger partial charge in [-0.15, -0.1) is 10.2 Å². The van der Waals surface area contributed by atoms with E-state index in [4.69, 9.17) is 4.74 Å². The van der Waals surface area contributed by atoms with Crippen LogP contribution in [-0.2, 0) is 11.3 Å². The first-order chi connectivity index (χ1) is 19.8. The van der Waals surface area contributed by atoms with E-state index in [0.29, 0.717) is 23.6 Å². The van der Waals surface area contributed by atoms with Crippen LogP contribution in [-0.4, -0.2) is 88.7 Å². The molecule has 0 atom stereocenters. The number of hydrogen-bond acceptors (Lipinski definition) is 7. The van der Waals surface area contributed by atoms with Crippen molar-refractivity contribution in [3.05, 3.63) is 71.2 Å². The number of aromatic nitrogens is 3. The van der Waals surface area contributed by atoms with E-state index in [1.165, 1.54) is 36.9 Å². The second kappa shape index (κ2) is 12.9. The van der Waals surface area contributed by atoms with Crippen molar-refractivity contribution in [2.24, 2.45) is 10.2 Å². The minimum Gasteiger partial charge on any atom is -0.470 e. The van der Waals surface area contributed by atoms with Gasteiger partial charge in [-0.25, -0.2) is 17.9 Å². The highest BCUT2D eigenvalue weighted by molar-refractivity contribution is 5.94. The minimum atomic E-state index is -2.70. The van der Waals surface area contributed by atoms with Gasteiger partial charge in [-0.3, -0.25) is 9.80 Å². The zero-order valence-corrected chi connectivity index (χ0v) is 23.5. The van der Waals surface area contributed by atoms with Crippen LogP contribution in [0.15, 0.2) is 58.9 Å². The van der Waals surface area contributed by atoms with E-state index in [1.807, 2.05) is 6.07 Å². The molecule has 0 saturated carbocycles. The number of halogens is 3. The molecule has 218 valence electrons. The van der Waals surface area contributed by atoms with E-state index in [-0.39, 0.29) is 18.0 Å². The second-order valence-electron chi connectivity index (χ2n) is 11.0. The summed E-state index contributed by atoms with van der Waals surface area (Å²) in [7, 11) is 0. The molecular formula is C30H36F3N7O. The summed E-state index contributed by atoms with van der Waals surface area (Å²) in [5.41, 5.74) is 3.56. The Hall–Kier alpha value is -3.57. The van der Waals surface area contributed by atoms with Gasteiger partial charge < -0.3 is 4.74 Å². The van der Waals surface area contributed by atoms with E-state index in [2.05, 4.69) is 69.1 Å². The van der Waals surface area contributed by atoms with Crippen LogP contribution in [0.3, 0.4) is 0 Å². The largest absolute Gasteiger partial charge is 0.470 e. The number of piperidine rings is 1. The maximum absolute atomic E-state index is 14.9. The third-order valence-corrected chi connectivity index (χ3v) is 8.00. The molecule has 2 aliphatic heterocycles. The smallest absolute Gasteiger partial charge is 0.272 e. The number of nitrogens with zero attached hydrogens (tertiary/aromatic N) is 7. The highest BCUT2D eigenvalue weighted by atomic mass is 19.3. The highest BCUT2D eigenvalue weighted by Gasteiger charge is 2.35. The van der Waals surface area contributed by atoms with Crippen molar-refractivity contribution in [1.82, 2.24) is 24.8 Å². The SMILES string of the molecule is C=N/N=C(\OCC(F)F)c1ccc(Cn2cc(-c3cccc(C4CCN(C5CN(C(C)C)C5)CC4)c3)nn2)c(F)c1. The van der Waals surface area contributed by atoms with E-state index in [1.54, 1.807) is 10.9 Å². The zero-order chi connectivity index (χ0) is 28.9.